The normalized spacial score (nSPS) is 12.6. The summed E-state index contributed by atoms with van der Waals surface area (Å²) in [6.07, 6.45) is 1.18. The number of benzene rings is 2. The second-order valence-electron chi connectivity index (χ2n) is 8.81. The van der Waals surface area contributed by atoms with Crippen molar-refractivity contribution in [2.45, 2.75) is 6.54 Å². The molecule has 0 fully saturated rings. The smallest absolute Gasteiger partial charge is 0.414 e. The van der Waals surface area contributed by atoms with Gasteiger partial charge in [0.25, 0.3) is 5.56 Å². The maximum absolute atomic E-state index is 13.9. The number of amides is 1. The Bertz CT molecular complexity index is 1540. The van der Waals surface area contributed by atoms with Crippen LogP contribution in [0.2, 0.25) is 0 Å². The van der Waals surface area contributed by atoms with Crippen molar-refractivity contribution in [3.63, 3.8) is 0 Å². The van der Waals surface area contributed by atoms with E-state index >= 15 is 0 Å². The maximum Gasteiger partial charge on any atom is 0.414 e. The van der Waals surface area contributed by atoms with Crippen molar-refractivity contribution in [2.24, 2.45) is 0 Å². The monoisotopic (exact) mass is 478 g/mol. The van der Waals surface area contributed by atoms with Crippen molar-refractivity contribution < 1.29 is 23.7 Å². The standard InChI is InChI=1S/C25H26N4O6/c1-27(2)6-7-29-23-16-10-20-21(34-13-33-20)11-18(16)26-12-17(23)14-8-19(32-5)22(9-15(14)24(29)30)35-25(31)28(3)4/h8-12H,6-7,13H2,1-5H3. The number of fused-ring (bicyclic) bond motifs is 6. The van der Waals surface area contributed by atoms with E-state index in [1.165, 1.54) is 12.0 Å². The van der Waals surface area contributed by atoms with Gasteiger partial charge in [-0.05, 0) is 32.3 Å². The fourth-order valence-electron chi connectivity index (χ4n) is 4.20. The lowest BCUT2D eigenvalue weighted by molar-refractivity contribution is 0.170. The van der Waals surface area contributed by atoms with E-state index in [9.17, 15) is 9.59 Å². The van der Waals surface area contributed by atoms with Gasteiger partial charge in [0, 0.05) is 55.6 Å². The second-order valence-corrected chi connectivity index (χ2v) is 8.81. The Morgan fingerprint density at radius 3 is 2.40 bits per heavy atom. The Hall–Kier alpha value is -4.05. The molecule has 2 aromatic carbocycles. The summed E-state index contributed by atoms with van der Waals surface area (Å²) in [6, 6.07) is 6.98. The van der Waals surface area contributed by atoms with Crippen LogP contribution >= 0.6 is 0 Å². The fraction of sp³-hybridized carbons (Fsp3) is 0.320. The Morgan fingerprint density at radius 2 is 1.71 bits per heavy atom. The number of aromatic nitrogens is 2. The van der Waals surface area contributed by atoms with E-state index in [1.807, 2.05) is 31.1 Å². The van der Waals surface area contributed by atoms with Crippen molar-refractivity contribution in [1.29, 1.82) is 0 Å². The highest BCUT2D eigenvalue weighted by molar-refractivity contribution is 6.15. The lowest BCUT2D eigenvalue weighted by Crippen LogP contribution is -2.28. The van der Waals surface area contributed by atoms with E-state index in [4.69, 9.17) is 18.9 Å². The molecule has 2 aromatic heterocycles. The number of carbonyl (C=O) groups is 1. The minimum Gasteiger partial charge on any atom is -0.493 e. The maximum atomic E-state index is 13.9. The highest BCUT2D eigenvalue weighted by Gasteiger charge is 2.22. The topological polar surface area (TPSA) is 95.4 Å². The van der Waals surface area contributed by atoms with E-state index in [0.717, 1.165) is 16.3 Å². The van der Waals surface area contributed by atoms with Crippen LogP contribution in [0.25, 0.3) is 32.6 Å². The van der Waals surface area contributed by atoms with Crippen molar-refractivity contribution in [3.8, 4) is 23.0 Å². The molecule has 0 radical (unpaired) electrons. The van der Waals surface area contributed by atoms with Gasteiger partial charge in [0.05, 0.1) is 23.5 Å². The van der Waals surface area contributed by atoms with Crippen molar-refractivity contribution >= 4 is 38.7 Å². The summed E-state index contributed by atoms with van der Waals surface area (Å²) in [5, 5.41) is 2.61. The van der Waals surface area contributed by atoms with Crippen molar-refractivity contribution in [2.75, 3.05) is 48.6 Å². The molecule has 0 spiro atoms. The molecule has 4 aromatic rings. The van der Waals surface area contributed by atoms with Gasteiger partial charge in [0.1, 0.15) is 0 Å². The zero-order valence-electron chi connectivity index (χ0n) is 20.2. The molecule has 0 unspecified atom stereocenters. The van der Waals surface area contributed by atoms with Gasteiger partial charge in [-0.2, -0.15) is 0 Å². The summed E-state index contributed by atoms with van der Waals surface area (Å²) < 4.78 is 23.9. The van der Waals surface area contributed by atoms with Crippen LogP contribution in [0.15, 0.2) is 35.3 Å². The number of nitrogens with zero attached hydrogens (tertiary/aromatic N) is 4. The summed E-state index contributed by atoms with van der Waals surface area (Å²) >= 11 is 0. The SMILES string of the molecule is COc1cc2c(cc1OC(=O)N(C)C)c(=O)n(CCN(C)C)c1c3cc4c(cc3ncc21)OCO4. The van der Waals surface area contributed by atoms with Gasteiger partial charge in [0.15, 0.2) is 23.0 Å². The molecule has 0 bridgehead atoms. The van der Waals surface area contributed by atoms with Crippen LogP contribution in [0, 0.1) is 0 Å². The number of hydrogen-bond donors (Lipinski definition) is 0. The summed E-state index contributed by atoms with van der Waals surface area (Å²) in [5.74, 6) is 1.75. The number of hydrogen-bond acceptors (Lipinski definition) is 8. The molecule has 10 heteroatoms. The first-order valence-electron chi connectivity index (χ1n) is 11.1. The number of rotatable bonds is 5. The van der Waals surface area contributed by atoms with Gasteiger partial charge in [0.2, 0.25) is 6.79 Å². The quantitative estimate of drug-likeness (QED) is 0.404. The lowest BCUT2D eigenvalue weighted by atomic mass is 10.0. The first-order valence-corrected chi connectivity index (χ1v) is 11.1. The van der Waals surface area contributed by atoms with Gasteiger partial charge in [-0.3, -0.25) is 9.78 Å². The average molecular weight is 479 g/mol. The van der Waals surface area contributed by atoms with E-state index in [2.05, 4.69) is 4.98 Å². The second kappa shape index (κ2) is 8.62. The number of methoxy groups -OCH3 is 1. The van der Waals surface area contributed by atoms with Crippen LogP contribution < -0.4 is 24.5 Å². The zero-order valence-corrected chi connectivity index (χ0v) is 20.2. The van der Waals surface area contributed by atoms with Crippen LogP contribution in [0.5, 0.6) is 23.0 Å². The number of pyridine rings is 2. The molecule has 0 atom stereocenters. The first kappa shape index (κ1) is 22.7. The van der Waals surface area contributed by atoms with Crippen LogP contribution in [0.3, 0.4) is 0 Å². The molecule has 1 aliphatic heterocycles. The summed E-state index contributed by atoms with van der Waals surface area (Å²) in [4.78, 5) is 34.1. The molecule has 3 heterocycles. The van der Waals surface area contributed by atoms with E-state index in [1.54, 1.807) is 37.0 Å². The molecular weight excluding hydrogens is 452 g/mol. The zero-order chi connectivity index (χ0) is 24.9. The average Bonchev–Trinajstić information content (AvgIpc) is 3.29. The van der Waals surface area contributed by atoms with Gasteiger partial charge in [-0.1, -0.05) is 0 Å². The van der Waals surface area contributed by atoms with Crippen LogP contribution in [-0.2, 0) is 6.54 Å². The Morgan fingerprint density at radius 1 is 1.00 bits per heavy atom. The summed E-state index contributed by atoms with van der Waals surface area (Å²) in [7, 11) is 8.56. The molecule has 1 amide bonds. The Balaban J connectivity index is 1.86. The predicted molar refractivity (Wildman–Crippen MR) is 132 cm³/mol. The van der Waals surface area contributed by atoms with Gasteiger partial charge in [-0.25, -0.2) is 4.79 Å². The molecule has 0 aliphatic carbocycles. The van der Waals surface area contributed by atoms with Crippen LogP contribution in [0.1, 0.15) is 0 Å². The molecule has 5 rings (SSSR count). The Labute approximate surface area is 201 Å². The third-order valence-electron chi connectivity index (χ3n) is 6.01. The highest BCUT2D eigenvalue weighted by atomic mass is 16.7. The molecule has 10 nitrogen and oxygen atoms in total. The summed E-state index contributed by atoms with van der Waals surface area (Å²) in [6.45, 7) is 1.24. The van der Waals surface area contributed by atoms with E-state index in [0.29, 0.717) is 46.6 Å². The third kappa shape index (κ3) is 3.85. The van der Waals surface area contributed by atoms with Gasteiger partial charge in [-0.15, -0.1) is 0 Å². The van der Waals surface area contributed by atoms with E-state index < -0.39 is 6.09 Å². The predicted octanol–water partition coefficient (Wildman–Crippen LogP) is 3.06. The number of ether oxygens (including phenoxy) is 4. The van der Waals surface area contributed by atoms with Crippen LogP contribution in [-0.4, -0.2) is 74.1 Å². The number of likely N-dealkylation sites (N-methyl/N-ethyl adjacent to an activating group) is 1. The van der Waals surface area contributed by atoms with Crippen molar-refractivity contribution in [3.05, 3.63) is 40.8 Å². The molecule has 1 aliphatic rings. The molecular formula is C25H26N4O6. The molecule has 0 saturated carbocycles. The molecule has 182 valence electrons. The first-order chi connectivity index (χ1) is 16.8. The van der Waals surface area contributed by atoms with Gasteiger partial charge >= 0.3 is 6.09 Å². The fourth-order valence-corrected chi connectivity index (χ4v) is 4.20. The lowest BCUT2D eigenvalue weighted by Gasteiger charge is -2.19. The molecule has 0 saturated heterocycles. The summed E-state index contributed by atoms with van der Waals surface area (Å²) in [5.41, 5.74) is 1.24. The van der Waals surface area contributed by atoms with Crippen LogP contribution in [0.4, 0.5) is 4.79 Å². The largest absolute Gasteiger partial charge is 0.493 e. The Kier molecular flexibility index (Phi) is 5.60. The molecule has 0 N–H and O–H groups in total. The van der Waals surface area contributed by atoms with E-state index in [-0.39, 0.29) is 18.1 Å². The number of carbonyl (C=O) groups excluding carboxylic acids is 1. The minimum atomic E-state index is -0.569. The minimum absolute atomic E-state index is 0.144. The molecule has 35 heavy (non-hydrogen) atoms. The van der Waals surface area contributed by atoms with Crippen molar-refractivity contribution in [1.82, 2.24) is 19.4 Å². The highest BCUT2D eigenvalue weighted by Crippen LogP contribution is 2.40. The third-order valence-corrected chi connectivity index (χ3v) is 6.01. The van der Waals surface area contributed by atoms with Gasteiger partial charge < -0.3 is 33.3 Å².